The van der Waals surface area contributed by atoms with Crippen molar-refractivity contribution in [2.75, 3.05) is 19.6 Å². The van der Waals surface area contributed by atoms with E-state index in [4.69, 9.17) is 0 Å². The monoisotopic (exact) mass is 389 g/mol. The summed E-state index contributed by atoms with van der Waals surface area (Å²) in [5, 5.41) is 16.8. The van der Waals surface area contributed by atoms with Gasteiger partial charge in [-0.05, 0) is 37.3 Å². The van der Waals surface area contributed by atoms with Gasteiger partial charge in [-0.2, -0.15) is 0 Å². The average molecular weight is 390 g/mol. The summed E-state index contributed by atoms with van der Waals surface area (Å²) in [7, 11) is 0. The predicted molar refractivity (Wildman–Crippen MR) is 104 cm³/mol. The highest BCUT2D eigenvalue weighted by Gasteiger charge is 2.29. The third kappa shape index (κ3) is 4.73. The maximum Gasteiger partial charge on any atom is 0.273 e. The van der Waals surface area contributed by atoms with E-state index in [1.807, 2.05) is 0 Å². The van der Waals surface area contributed by atoms with Crippen LogP contribution in [0.5, 0.6) is 0 Å². The molecule has 2 saturated heterocycles. The Morgan fingerprint density at radius 1 is 1.41 bits per heavy atom. The highest BCUT2D eigenvalue weighted by atomic mass is 32.1. The highest BCUT2D eigenvalue weighted by Crippen LogP contribution is 2.27. The second-order valence-corrected chi connectivity index (χ2v) is 8.27. The number of rotatable bonds is 7. The van der Waals surface area contributed by atoms with Crippen LogP contribution in [0.4, 0.5) is 0 Å². The summed E-state index contributed by atoms with van der Waals surface area (Å²) in [5.74, 6) is 0.147. The number of nitrogens with one attached hydrogen (secondary N) is 4. The first kappa shape index (κ1) is 18.5. The molecule has 0 bridgehead atoms. The quantitative estimate of drug-likeness (QED) is 0.566. The Kier molecular flexibility index (Phi) is 6.13. The van der Waals surface area contributed by atoms with Gasteiger partial charge in [-0.25, -0.2) is 5.43 Å². The number of aryl methyl sites for hydroxylation is 1. The summed E-state index contributed by atoms with van der Waals surface area (Å²) >= 11 is 1.73. The van der Waals surface area contributed by atoms with Gasteiger partial charge in [0.15, 0.2) is 5.69 Å². The van der Waals surface area contributed by atoms with Crippen LogP contribution in [0.2, 0.25) is 0 Å². The second-order valence-electron chi connectivity index (χ2n) is 7.29. The fraction of sp³-hybridized carbons (Fsp3) is 0.611. The SMILES string of the molecule is O=C(NCC1CNNC1c1cccs1)c1cn(CCC2CCCCN2)nn1. The van der Waals surface area contributed by atoms with E-state index >= 15 is 0 Å². The molecular formula is C18H27N7OS. The molecule has 0 aromatic carbocycles. The number of piperidine rings is 1. The molecule has 3 unspecified atom stereocenters. The molecule has 9 heteroatoms. The van der Waals surface area contributed by atoms with Gasteiger partial charge in [-0.1, -0.05) is 17.7 Å². The van der Waals surface area contributed by atoms with Crippen molar-refractivity contribution in [3.8, 4) is 0 Å². The zero-order chi connectivity index (χ0) is 18.5. The Bertz CT molecular complexity index is 726. The van der Waals surface area contributed by atoms with Crippen LogP contribution in [0.1, 0.15) is 47.1 Å². The summed E-state index contributed by atoms with van der Waals surface area (Å²) in [4.78, 5) is 13.7. The molecule has 0 radical (unpaired) electrons. The third-order valence-corrected chi connectivity index (χ3v) is 6.31. The Balaban J connectivity index is 1.25. The smallest absolute Gasteiger partial charge is 0.273 e. The molecule has 0 spiro atoms. The topological polar surface area (TPSA) is 95.9 Å². The zero-order valence-electron chi connectivity index (χ0n) is 15.4. The van der Waals surface area contributed by atoms with Gasteiger partial charge < -0.3 is 10.6 Å². The molecule has 2 aliphatic heterocycles. The second kappa shape index (κ2) is 8.92. The zero-order valence-corrected chi connectivity index (χ0v) is 16.2. The van der Waals surface area contributed by atoms with Gasteiger partial charge in [0.2, 0.25) is 0 Å². The van der Waals surface area contributed by atoms with Crippen molar-refractivity contribution in [2.45, 2.75) is 44.3 Å². The van der Waals surface area contributed by atoms with Gasteiger partial charge in [-0.15, -0.1) is 16.4 Å². The summed E-state index contributed by atoms with van der Waals surface area (Å²) < 4.78 is 1.78. The molecule has 4 rings (SSSR count). The Morgan fingerprint density at radius 2 is 2.37 bits per heavy atom. The molecule has 8 nitrogen and oxygen atoms in total. The number of amides is 1. The van der Waals surface area contributed by atoms with Gasteiger partial charge >= 0.3 is 0 Å². The van der Waals surface area contributed by atoms with E-state index in [1.165, 1.54) is 24.1 Å². The van der Waals surface area contributed by atoms with Crippen molar-refractivity contribution in [1.82, 2.24) is 36.5 Å². The van der Waals surface area contributed by atoms with Crippen molar-refractivity contribution in [1.29, 1.82) is 0 Å². The van der Waals surface area contributed by atoms with Crippen LogP contribution in [-0.2, 0) is 6.54 Å². The standard InChI is InChI=1S/C18H27N7OS/c26-18(20-10-13-11-21-23-17(13)16-5-3-9-27-16)15-12-25(24-22-15)8-6-14-4-1-2-7-19-14/h3,5,9,12-14,17,19,21,23H,1-2,4,6-8,10-11H2,(H,20,26). The molecule has 146 valence electrons. The van der Waals surface area contributed by atoms with Crippen molar-refractivity contribution in [3.63, 3.8) is 0 Å². The fourth-order valence-corrected chi connectivity index (χ4v) is 4.65. The number of aromatic nitrogens is 3. The number of carbonyl (C=O) groups excluding carboxylic acids is 1. The molecule has 2 aromatic heterocycles. The summed E-state index contributed by atoms with van der Waals surface area (Å²) in [6.45, 7) is 3.31. The van der Waals surface area contributed by atoms with Crippen LogP contribution in [0.3, 0.4) is 0 Å². The lowest BCUT2D eigenvalue weighted by atomic mass is 10.0. The summed E-state index contributed by atoms with van der Waals surface area (Å²) in [6.07, 6.45) is 6.55. The minimum atomic E-state index is -0.158. The van der Waals surface area contributed by atoms with Crippen molar-refractivity contribution >= 4 is 17.2 Å². The van der Waals surface area contributed by atoms with Gasteiger partial charge in [0.1, 0.15) is 0 Å². The molecule has 1 amide bonds. The van der Waals surface area contributed by atoms with Gasteiger partial charge in [0, 0.05) is 36.5 Å². The van der Waals surface area contributed by atoms with Gasteiger partial charge in [0.05, 0.1) is 12.2 Å². The maximum atomic E-state index is 12.4. The Morgan fingerprint density at radius 3 is 3.19 bits per heavy atom. The van der Waals surface area contributed by atoms with Crippen molar-refractivity contribution in [3.05, 3.63) is 34.3 Å². The van der Waals surface area contributed by atoms with Gasteiger partial charge in [0.25, 0.3) is 5.91 Å². The van der Waals surface area contributed by atoms with Crippen LogP contribution < -0.4 is 21.5 Å². The number of thiophene rings is 1. The molecule has 4 heterocycles. The van der Waals surface area contributed by atoms with Crippen LogP contribution in [0, 0.1) is 5.92 Å². The van der Waals surface area contributed by atoms with Crippen molar-refractivity contribution < 1.29 is 4.79 Å². The number of hydrazine groups is 1. The number of carbonyl (C=O) groups is 1. The van der Waals surface area contributed by atoms with E-state index in [2.05, 4.69) is 49.3 Å². The first-order chi connectivity index (χ1) is 13.3. The normalized spacial score (nSPS) is 25.6. The van der Waals surface area contributed by atoms with E-state index in [9.17, 15) is 4.79 Å². The predicted octanol–water partition coefficient (Wildman–Crippen LogP) is 1.07. The lowest BCUT2D eigenvalue weighted by Crippen LogP contribution is -2.34. The molecule has 3 atom stereocenters. The van der Waals surface area contributed by atoms with E-state index in [-0.39, 0.29) is 11.9 Å². The van der Waals surface area contributed by atoms with E-state index < -0.39 is 0 Å². The van der Waals surface area contributed by atoms with Crippen LogP contribution in [0.25, 0.3) is 0 Å². The molecule has 2 aromatic rings. The lowest BCUT2D eigenvalue weighted by Gasteiger charge is -2.23. The minimum Gasteiger partial charge on any atom is -0.350 e. The molecule has 0 saturated carbocycles. The third-order valence-electron chi connectivity index (χ3n) is 5.36. The van der Waals surface area contributed by atoms with E-state index in [0.29, 0.717) is 24.2 Å². The first-order valence-electron chi connectivity index (χ1n) is 9.73. The summed E-state index contributed by atoms with van der Waals surface area (Å²) in [5.41, 5.74) is 6.88. The first-order valence-corrected chi connectivity index (χ1v) is 10.6. The minimum absolute atomic E-state index is 0.158. The number of hydrogen-bond donors (Lipinski definition) is 4. The van der Waals surface area contributed by atoms with Crippen LogP contribution in [0.15, 0.2) is 23.7 Å². The molecule has 2 fully saturated rings. The Labute approximate surface area is 163 Å². The van der Waals surface area contributed by atoms with E-state index in [1.54, 1.807) is 22.2 Å². The highest BCUT2D eigenvalue weighted by molar-refractivity contribution is 7.10. The fourth-order valence-electron chi connectivity index (χ4n) is 3.78. The average Bonchev–Trinajstić information content (AvgIpc) is 3.46. The van der Waals surface area contributed by atoms with Crippen molar-refractivity contribution in [2.24, 2.45) is 5.92 Å². The molecule has 2 aliphatic rings. The van der Waals surface area contributed by atoms with Gasteiger partial charge in [-0.3, -0.25) is 14.9 Å². The lowest BCUT2D eigenvalue weighted by molar-refractivity contribution is 0.0942. The molecule has 27 heavy (non-hydrogen) atoms. The van der Waals surface area contributed by atoms with Crippen LogP contribution >= 0.6 is 11.3 Å². The maximum absolute atomic E-state index is 12.4. The molecule has 4 N–H and O–H groups in total. The molecular weight excluding hydrogens is 362 g/mol. The number of nitrogens with zero attached hydrogens (tertiary/aromatic N) is 3. The number of hydrogen-bond acceptors (Lipinski definition) is 7. The Hall–Kier alpha value is -1.81. The largest absolute Gasteiger partial charge is 0.350 e. The molecule has 0 aliphatic carbocycles. The summed E-state index contributed by atoms with van der Waals surface area (Å²) in [6, 6.07) is 4.95. The van der Waals surface area contributed by atoms with E-state index in [0.717, 1.165) is 26.1 Å². The van der Waals surface area contributed by atoms with Crippen LogP contribution in [-0.4, -0.2) is 46.6 Å².